The molecule has 3 rings (SSSR count). The molecule has 20 heavy (non-hydrogen) atoms. The van der Waals surface area contributed by atoms with E-state index in [1.165, 1.54) is 29.8 Å². The maximum absolute atomic E-state index is 3.68. The molecule has 0 radical (unpaired) electrons. The summed E-state index contributed by atoms with van der Waals surface area (Å²) in [7, 11) is 0. The summed E-state index contributed by atoms with van der Waals surface area (Å²) in [5, 5.41) is 3.65. The minimum atomic E-state index is 0.217. The summed E-state index contributed by atoms with van der Waals surface area (Å²) in [5.41, 5.74) is 3.82. The molecule has 0 fully saturated rings. The summed E-state index contributed by atoms with van der Waals surface area (Å²) in [6, 6.07) is 17.0. The zero-order valence-corrected chi connectivity index (χ0v) is 13.2. The molecule has 1 unspecified atom stereocenters. The normalized spacial score (nSPS) is 16.9. The molecular weight excluding hydrogens is 312 g/mol. The van der Waals surface area contributed by atoms with Crippen LogP contribution in [0.5, 0.6) is 0 Å². The molecule has 1 atom stereocenters. The molecule has 0 saturated carbocycles. The van der Waals surface area contributed by atoms with E-state index in [4.69, 9.17) is 0 Å². The van der Waals surface area contributed by atoms with Crippen molar-refractivity contribution in [2.24, 2.45) is 0 Å². The second-order valence-corrected chi connectivity index (χ2v) is 5.99. The monoisotopic (exact) mass is 330 g/mol. The molecule has 0 saturated heterocycles. The number of benzene rings is 2. The fourth-order valence-electron chi connectivity index (χ4n) is 2.73. The third-order valence-corrected chi connectivity index (χ3v) is 4.49. The number of fused-ring (bicyclic) bond motifs is 1. The highest BCUT2D eigenvalue weighted by Gasteiger charge is 2.29. The lowest BCUT2D eigenvalue weighted by atomic mass is 10.1. The van der Waals surface area contributed by atoms with E-state index < -0.39 is 0 Å². The Labute approximate surface area is 128 Å². The number of anilines is 2. The number of para-hydroxylation sites is 2. The molecular formula is C17H19BrN2. The molecule has 1 heterocycles. The van der Waals surface area contributed by atoms with Crippen molar-refractivity contribution in [3.63, 3.8) is 0 Å². The molecule has 0 aliphatic carbocycles. The molecule has 1 aliphatic heterocycles. The standard InChI is InChI=1S/C17H19BrN2/c1-2-3-12-20-16-11-7-6-10-15(16)19-17(20)13-8-4-5-9-14(13)18/h4-11,17,19H,2-3,12H2,1H3. The van der Waals surface area contributed by atoms with Crippen LogP contribution in [-0.4, -0.2) is 6.54 Å². The molecule has 0 spiro atoms. The number of rotatable bonds is 4. The lowest BCUT2D eigenvalue weighted by molar-refractivity contribution is 0.665. The van der Waals surface area contributed by atoms with Crippen molar-refractivity contribution in [2.75, 3.05) is 16.8 Å². The fourth-order valence-corrected chi connectivity index (χ4v) is 3.23. The number of hydrogen-bond donors (Lipinski definition) is 1. The van der Waals surface area contributed by atoms with Gasteiger partial charge in [-0.05, 0) is 24.6 Å². The summed E-state index contributed by atoms with van der Waals surface area (Å²) in [5.74, 6) is 0. The van der Waals surface area contributed by atoms with Gasteiger partial charge in [0.05, 0.1) is 11.4 Å². The van der Waals surface area contributed by atoms with Crippen LogP contribution < -0.4 is 10.2 Å². The Bertz CT molecular complexity index is 597. The smallest absolute Gasteiger partial charge is 0.127 e. The largest absolute Gasteiger partial charge is 0.360 e. The Morgan fingerprint density at radius 2 is 1.85 bits per heavy atom. The van der Waals surface area contributed by atoms with E-state index in [0.29, 0.717) is 0 Å². The van der Waals surface area contributed by atoms with Crippen molar-refractivity contribution < 1.29 is 0 Å². The van der Waals surface area contributed by atoms with E-state index in [1.807, 2.05) is 0 Å². The first-order valence-corrected chi connectivity index (χ1v) is 7.97. The number of halogens is 1. The fraction of sp³-hybridized carbons (Fsp3) is 0.294. The second-order valence-electron chi connectivity index (χ2n) is 5.13. The first kappa shape index (κ1) is 13.5. The van der Waals surface area contributed by atoms with Crippen molar-refractivity contribution >= 4 is 27.3 Å². The van der Waals surface area contributed by atoms with Crippen molar-refractivity contribution in [3.8, 4) is 0 Å². The number of unbranched alkanes of at least 4 members (excludes halogenated alkanes) is 1. The van der Waals surface area contributed by atoms with Crippen molar-refractivity contribution in [1.82, 2.24) is 0 Å². The predicted octanol–water partition coefficient (Wildman–Crippen LogP) is 5.18. The summed E-state index contributed by atoms with van der Waals surface area (Å²) < 4.78 is 1.16. The van der Waals surface area contributed by atoms with Crippen LogP contribution in [0.1, 0.15) is 31.5 Å². The zero-order chi connectivity index (χ0) is 13.9. The number of nitrogens with one attached hydrogen (secondary N) is 1. The summed E-state index contributed by atoms with van der Waals surface area (Å²) >= 11 is 3.68. The Balaban J connectivity index is 1.97. The van der Waals surface area contributed by atoms with E-state index in [0.717, 1.165) is 11.0 Å². The van der Waals surface area contributed by atoms with Crippen LogP contribution in [0.3, 0.4) is 0 Å². The van der Waals surface area contributed by atoms with E-state index >= 15 is 0 Å². The molecule has 0 aromatic heterocycles. The molecule has 104 valence electrons. The number of hydrogen-bond acceptors (Lipinski definition) is 2. The molecule has 3 heteroatoms. The van der Waals surface area contributed by atoms with Gasteiger partial charge in [-0.2, -0.15) is 0 Å². The highest BCUT2D eigenvalue weighted by Crippen LogP contribution is 2.42. The van der Waals surface area contributed by atoms with Gasteiger partial charge in [0.25, 0.3) is 0 Å². The van der Waals surface area contributed by atoms with Gasteiger partial charge >= 0.3 is 0 Å². The number of nitrogens with zero attached hydrogens (tertiary/aromatic N) is 1. The van der Waals surface area contributed by atoms with Crippen LogP contribution in [0, 0.1) is 0 Å². The van der Waals surface area contributed by atoms with Crippen LogP contribution in [0.25, 0.3) is 0 Å². The first-order valence-electron chi connectivity index (χ1n) is 7.18. The lowest BCUT2D eigenvalue weighted by Crippen LogP contribution is -2.29. The average Bonchev–Trinajstić information content (AvgIpc) is 2.84. The van der Waals surface area contributed by atoms with Gasteiger partial charge in [-0.1, -0.05) is 59.6 Å². The van der Waals surface area contributed by atoms with E-state index in [1.54, 1.807) is 0 Å². The lowest BCUT2D eigenvalue weighted by Gasteiger charge is -2.27. The van der Waals surface area contributed by atoms with Gasteiger partial charge in [0.15, 0.2) is 0 Å². The van der Waals surface area contributed by atoms with Gasteiger partial charge in [0, 0.05) is 16.6 Å². The van der Waals surface area contributed by atoms with Gasteiger partial charge < -0.3 is 10.2 Å². The van der Waals surface area contributed by atoms with Gasteiger partial charge in [0.2, 0.25) is 0 Å². The molecule has 0 bridgehead atoms. The third-order valence-electron chi connectivity index (χ3n) is 3.77. The van der Waals surface area contributed by atoms with Gasteiger partial charge in [-0.15, -0.1) is 0 Å². The quantitative estimate of drug-likeness (QED) is 0.830. The Kier molecular flexibility index (Phi) is 3.97. The van der Waals surface area contributed by atoms with E-state index in [-0.39, 0.29) is 6.17 Å². The van der Waals surface area contributed by atoms with Crippen LogP contribution in [-0.2, 0) is 0 Å². The minimum Gasteiger partial charge on any atom is -0.360 e. The molecule has 1 aliphatic rings. The maximum Gasteiger partial charge on any atom is 0.127 e. The minimum absolute atomic E-state index is 0.217. The van der Waals surface area contributed by atoms with Crippen LogP contribution >= 0.6 is 15.9 Å². The van der Waals surface area contributed by atoms with Crippen LogP contribution in [0.4, 0.5) is 11.4 Å². The van der Waals surface area contributed by atoms with Crippen molar-refractivity contribution in [1.29, 1.82) is 0 Å². The SMILES string of the molecule is CCCCN1c2ccccc2NC1c1ccccc1Br. The van der Waals surface area contributed by atoms with Crippen LogP contribution in [0.2, 0.25) is 0 Å². The average molecular weight is 331 g/mol. The summed E-state index contributed by atoms with van der Waals surface area (Å²) in [6.45, 7) is 3.31. The van der Waals surface area contributed by atoms with Crippen molar-refractivity contribution in [2.45, 2.75) is 25.9 Å². The molecule has 2 nitrogen and oxygen atoms in total. The maximum atomic E-state index is 3.68. The summed E-state index contributed by atoms with van der Waals surface area (Å²) in [6.07, 6.45) is 2.63. The summed E-state index contributed by atoms with van der Waals surface area (Å²) in [4.78, 5) is 2.47. The molecule has 2 aromatic rings. The Hall–Kier alpha value is -1.48. The van der Waals surface area contributed by atoms with E-state index in [9.17, 15) is 0 Å². The molecule has 0 amide bonds. The zero-order valence-electron chi connectivity index (χ0n) is 11.6. The van der Waals surface area contributed by atoms with E-state index in [2.05, 4.69) is 81.6 Å². The second kappa shape index (κ2) is 5.88. The van der Waals surface area contributed by atoms with Gasteiger partial charge in [-0.3, -0.25) is 0 Å². The van der Waals surface area contributed by atoms with Crippen molar-refractivity contribution in [3.05, 3.63) is 58.6 Å². The highest BCUT2D eigenvalue weighted by molar-refractivity contribution is 9.10. The topological polar surface area (TPSA) is 15.3 Å². The Morgan fingerprint density at radius 3 is 2.65 bits per heavy atom. The van der Waals surface area contributed by atoms with Gasteiger partial charge in [-0.25, -0.2) is 0 Å². The third kappa shape index (κ3) is 2.42. The predicted molar refractivity (Wildman–Crippen MR) is 89.2 cm³/mol. The van der Waals surface area contributed by atoms with Crippen LogP contribution in [0.15, 0.2) is 53.0 Å². The molecule has 2 aromatic carbocycles. The molecule has 1 N–H and O–H groups in total. The highest BCUT2D eigenvalue weighted by atomic mass is 79.9. The first-order chi connectivity index (χ1) is 9.81. The van der Waals surface area contributed by atoms with Gasteiger partial charge in [0.1, 0.15) is 6.17 Å². The Morgan fingerprint density at radius 1 is 1.10 bits per heavy atom.